The van der Waals surface area contributed by atoms with E-state index in [0.717, 1.165) is 4.31 Å². The number of rotatable bonds is 8. The second-order valence-corrected chi connectivity index (χ2v) is 5.37. The van der Waals surface area contributed by atoms with Crippen LogP contribution in [-0.2, 0) is 19.7 Å². The van der Waals surface area contributed by atoms with Gasteiger partial charge in [0.2, 0.25) is 0 Å². The average molecular weight is 268 g/mol. The lowest BCUT2D eigenvalue weighted by Gasteiger charge is -2.20. The molecule has 0 aromatic heterocycles. The summed E-state index contributed by atoms with van der Waals surface area (Å²) in [5.41, 5.74) is 0. The Morgan fingerprint density at radius 3 is 2.53 bits per heavy atom. The fourth-order valence-electron chi connectivity index (χ4n) is 1.02. The van der Waals surface area contributed by atoms with Crippen LogP contribution in [0.3, 0.4) is 0 Å². The summed E-state index contributed by atoms with van der Waals surface area (Å²) in [6.07, 6.45) is 0.477. The van der Waals surface area contributed by atoms with Gasteiger partial charge in [0.1, 0.15) is 0 Å². The minimum absolute atomic E-state index is 0.0101. The number of esters is 1. The third-order valence-electron chi connectivity index (χ3n) is 2.30. The first-order chi connectivity index (χ1) is 7.87. The van der Waals surface area contributed by atoms with Gasteiger partial charge in [-0.15, -0.1) is 0 Å². The van der Waals surface area contributed by atoms with Gasteiger partial charge in [0, 0.05) is 19.6 Å². The fraction of sp³-hybridized carbons (Fsp3) is 0.889. The highest BCUT2D eigenvalue weighted by Gasteiger charge is 2.21. The third kappa shape index (κ3) is 5.97. The molecular weight excluding hydrogens is 248 g/mol. The van der Waals surface area contributed by atoms with Crippen LogP contribution in [0.4, 0.5) is 0 Å². The van der Waals surface area contributed by atoms with Gasteiger partial charge in [-0.1, -0.05) is 6.92 Å². The Kier molecular flexibility index (Phi) is 7.28. The van der Waals surface area contributed by atoms with Gasteiger partial charge in [-0.2, -0.15) is 17.4 Å². The molecule has 0 saturated heterocycles. The lowest BCUT2D eigenvalue weighted by molar-refractivity contribution is -0.140. The van der Waals surface area contributed by atoms with E-state index < -0.39 is 22.2 Å². The number of aliphatic hydroxyl groups is 1. The van der Waals surface area contributed by atoms with Crippen LogP contribution < -0.4 is 4.72 Å². The first kappa shape index (κ1) is 16.3. The van der Waals surface area contributed by atoms with Crippen LogP contribution >= 0.6 is 0 Å². The average Bonchev–Trinajstić information content (AvgIpc) is 2.32. The van der Waals surface area contributed by atoms with Gasteiger partial charge >= 0.3 is 5.97 Å². The first-order valence-corrected chi connectivity index (χ1v) is 6.72. The van der Waals surface area contributed by atoms with E-state index >= 15 is 0 Å². The SMILES string of the molecule is CC[C@@H](CO)NS(=O)(=O)N(C)CCC(=O)OC. The molecule has 0 aliphatic carbocycles. The molecule has 0 unspecified atom stereocenters. The van der Waals surface area contributed by atoms with E-state index in [9.17, 15) is 13.2 Å². The quantitative estimate of drug-likeness (QED) is 0.555. The van der Waals surface area contributed by atoms with Gasteiger partial charge in [-0.25, -0.2) is 0 Å². The molecule has 0 bridgehead atoms. The highest BCUT2D eigenvalue weighted by Crippen LogP contribution is 2.00. The maximum absolute atomic E-state index is 11.7. The molecule has 0 aliphatic heterocycles. The summed E-state index contributed by atoms with van der Waals surface area (Å²) in [5.74, 6) is -0.471. The molecular formula is C9H20N2O5S. The van der Waals surface area contributed by atoms with E-state index in [1.165, 1.54) is 14.2 Å². The van der Waals surface area contributed by atoms with Crippen LogP contribution in [0.15, 0.2) is 0 Å². The van der Waals surface area contributed by atoms with Gasteiger partial charge in [0.15, 0.2) is 0 Å². The molecule has 8 heteroatoms. The summed E-state index contributed by atoms with van der Waals surface area (Å²) < 4.78 is 31.2. The Morgan fingerprint density at radius 1 is 1.53 bits per heavy atom. The first-order valence-electron chi connectivity index (χ1n) is 5.28. The molecule has 0 aromatic carbocycles. The van der Waals surface area contributed by atoms with Crippen LogP contribution in [0.1, 0.15) is 19.8 Å². The number of aliphatic hydroxyl groups excluding tert-OH is 1. The Morgan fingerprint density at radius 2 is 2.12 bits per heavy atom. The summed E-state index contributed by atoms with van der Waals surface area (Å²) in [6, 6.07) is -0.513. The van der Waals surface area contributed by atoms with E-state index in [0.29, 0.717) is 6.42 Å². The molecule has 0 radical (unpaired) electrons. The van der Waals surface area contributed by atoms with Gasteiger partial charge < -0.3 is 9.84 Å². The molecule has 2 N–H and O–H groups in total. The molecule has 0 saturated carbocycles. The summed E-state index contributed by atoms with van der Waals surface area (Å²) in [4.78, 5) is 10.9. The Balaban J connectivity index is 4.34. The van der Waals surface area contributed by atoms with E-state index in [4.69, 9.17) is 5.11 Å². The largest absolute Gasteiger partial charge is 0.469 e. The molecule has 0 heterocycles. The summed E-state index contributed by atoms with van der Waals surface area (Å²) in [6.45, 7) is 1.53. The molecule has 0 aromatic rings. The van der Waals surface area contributed by atoms with Crippen molar-refractivity contribution >= 4 is 16.2 Å². The minimum Gasteiger partial charge on any atom is -0.469 e. The zero-order chi connectivity index (χ0) is 13.5. The third-order valence-corrected chi connectivity index (χ3v) is 3.93. The molecule has 0 amide bonds. The van der Waals surface area contributed by atoms with Gasteiger partial charge in [0.05, 0.1) is 20.1 Å². The van der Waals surface area contributed by atoms with E-state index in [1.54, 1.807) is 6.92 Å². The Hall–Kier alpha value is -0.700. The van der Waals surface area contributed by atoms with Gasteiger partial charge in [-0.05, 0) is 6.42 Å². The normalized spacial score (nSPS) is 13.7. The summed E-state index contributed by atoms with van der Waals surface area (Å²) in [5, 5.41) is 8.91. The Labute approximate surface area is 102 Å². The molecule has 17 heavy (non-hydrogen) atoms. The molecule has 102 valence electrons. The lowest BCUT2D eigenvalue weighted by atomic mass is 10.3. The van der Waals surface area contributed by atoms with Crippen molar-refractivity contribution in [2.75, 3.05) is 27.3 Å². The standard InChI is InChI=1S/C9H20N2O5S/c1-4-8(7-12)10-17(14,15)11(2)6-5-9(13)16-3/h8,10,12H,4-7H2,1-3H3/t8-/m0/s1. The molecule has 0 fully saturated rings. The highest BCUT2D eigenvalue weighted by atomic mass is 32.2. The number of carbonyl (C=O) groups excluding carboxylic acids is 1. The van der Waals surface area contributed by atoms with Crippen LogP contribution in [0.2, 0.25) is 0 Å². The monoisotopic (exact) mass is 268 g/mol. The van der Waals surface area contributed by atoms with Gasteiger partial charge in [-0.3, -0.25) is 4.79 Å². The second-order valence-electron chi connectivity index (χ2n) is 3.56. The number of ether oxygens (including phenoxy) is 1. The second kappa shape index (κ2) is 7.59. The van der Waals surface area contributed by atoms with Gasteiger partial charge in [0.25, 0.3) is 10.2 Å². The topological polar surface area (TPSA) is 95.9 Å². The molecule has 0 spiro atoms. The molecule has 1 atom stereocenters. The van der Waals surface area contributed by atoms with Crippen LogP contribution in [0.25, 0.3) is 0 Å². The van der Waals surface area contributed by atoms with Crippen molar-refractivity contribution < 1.29 is 23.1 Å². The highest BCUT2D eigenvalue weighted by molar-refractivity contribution is 7.87. The predicted molar refractivity (Wildman–Crippen MR) is 62.5 cm³/mol. The van der Waals surface area contributed by atoms with E-state index in [-0.39, 0.29) is 19.6 Å². The van der Waals surface area contributed by atoms with Crippen LogP contribution in [0.5, 0.6) is 0 Å². The number of hydrogen-bond acceptors (Lipinski definition) is 5. The van der Waals surface area contributed by atoms with Crippen molar-refractivity contribution in [3.8, 4) is 0 Å². The zero-order valence-corrected chi connectivity index (χ0v) is 11.2. The molecule has 0 rings (SSSR count). The van der Waals surface area contributed by atoms with Crippen molar-refractivity contribution in [1.82, 2.24) is 9.03 Å². The number of hydrogen-bond donors (Lipinski definition) is 2. The van der Waals surface area contributed by atoms with Crippen molar-refractivity contribution in [3.63, 3.8) is 0 Å². The fourth-order valence-corrected chi connectivity index (χ4v) is 2.20. The van der Waals surface area contributed by atoms with Crippen molar-refractivity contribution in [2.24, 2.45) is 0 Å². The van der Waals surface area contributed by atoms with Crippen molar-refractivity contribution in [2.45, 2.75) is 25.8 Å². The predicted octanol–water partition coefficient (Wildman–Crippen LogP) is -0.913. The maximum Gasteiger partial charge on any atom is 0.306 e. The lowest BCUT2D eigenvalue weighted by Crippen LogP contribution is -2.45. The summed E-state index contributed by atoms with van der Waals surface area (Å²) in [7, 11) is -1.07. The van der Waals surface area contributed by atoms with E-state index in [1.807, 2.05) is 0 Å². The summed E-state index contributed by atoms with van der Waals surface area (Å²) >= 11 is 0. The Bertz CT molecular complexity index is 326. The molecule has 0 aliphatic rings. The molecule has 7 nitrogen and oxygen atoms in total. The van der Waals surface area contributed by atoms with E-state index in [2.05, 4.69) is 9.46 Å². The van der Waals surface area contributed by atoms with Crippen molar-refractivity contribution in [3.05, 3.63) is 0 Å². The van der Waals surface area contributed by atoms with Crippen molar-refractivity contribution in [1.29, 1.82) is 0 Å². The smallest absolute Gasteiger partial charge is 0.306 e. The van der Waals surface area contributed by atoms with Crippen LogP contribution in [-0.4, -0.2) is 57.1 Å². The zero-order valence-electron chi connectivity index (χ0n) is 10.3. The number of nitrogens with one attached hydrogen (secondary N) is 1. The number of carbonyl (C=O) groups is 1. The minimum atomic E-state index is -3.67. The van der Waals surface area contributed by atoms with Crippen LogP contribution in [0, 0.1) is 0 Å². The number of methoxy groups -OCH3 is 1. The number of nitrogens with zero attached hydrogens (tertiary/aromatic N) is 1. The maximum atomic E-state index is 11.7.